The summed E-state index contributed by atoms with van der Waals surface area (Å²) < 4.78 is 13.8. The number of carbonyl (C=O) groups excluding carboxylic acids is 3. The smallest absolute Gasteiger partial charge is 0.354 e. The normalized spacial score (nSPS) is 10.7. The number of nitrogens with one attached hydrogen (secondary N) is 2. The van der Waals surface area contributed by atoms with E-state index in [-0.39, 0.29) is 18.2 Å². The first-order valence-corrected chi connectivity index (χ1v) is 6.54. The Hall–Kier alpha value is -2.87. The lowest BCUT2D eigenvalue weighted by Crippen LogP contribution is -2.18. The predicted octanol–water partition coefficient (Wildman–Crippen LogP) is 0.913. The second kappa shape index (κ2) is 9.21. The number of anilines is 2. The summed E-state index contributed by atoms with van der Waals surface area (Å²) in [6, 6.07) is 6.57. The molecular formula is C15H18N2O6. The molecule has 0 bridgehead atoms. The number of hydrogen-bond acceptors (Lipinski definition) is 7. The molecule has 8 nitrogen and oxygen atoms in total. The van der Waals surface area contributed by atoms with E-state index in [0.29, 0.717) is 11.4 Å². The minimum absolute atomic E-state index is 0.0761. The molecule has 1 amide bonds. The van der Waals surface area contributed by atoms with Gasteiger partial charge < -0.3 is 24.8 Å². The first-order chi connectivity index (χ1) is 11.0. The maximum absolute atomic E-state index is 11.7. The lowest BCUT2D eigenvalue weighted by Gasteiger charge is -2.11. The molecule has 0 radical (unpaired) electrons. The standard InChI is InChI=1S/C15H18N2O6/c1-21-9-13(18)17-11-6-4-5-10(7-11)16-12(15(20)23-3)8-14(19)22-2/h4-8,16H,9H2,1-3H3,(H,17,18)/b12-8+. The van der Waals surface area contributed by atoms with Gasteiger partial charge in [-0.2, -0.15) is 0 Å². The van der Waals surface area contributed by atoms with Crippen LogP contribution in [0.25, 0.3) is 0 Å². The molecule has 1 aromatic rings. The second-order valence-corrected chi connectivity index (χ2v) is 4.26. The topological polar surface area (TPSA) is 103 Å². The van der Waals surface area contributed by atoms with Gasteiger partial charge in [-0.05, 0) is 18.2 Å². The average molecular weight is 322 g/mol. The van der Waals surface area contributed by atoms with Crippen LogP contribution in [0.1, 0.15) is 0 Å². The van der Waals surface area contributed by atoms with Crippen LogP contribution in [0.15, 0.2) is 36.0 Å². The van der Waals surface area contributed by atoms with Crippen molar-refractivity contribution in [2.75, 3.05) is 38.6 Å². The van der Waals surface area contributed by atoms with E-state index in [4.69, 9.17) is 4.74 Å². The van der Waals surface area contributed by atoms with Crippen LogP contribution in [0.3, 0.4) is 0 Å². The van der Waals surface area contributed by atoms with Gasteiger partial charge in [0.1, 0.15) is 12.3 Å². The Balaban J connectivity index is 2.92. The molecule has 124 valence electrons. The minimum atomic E-state index is -0.732. The summed E-state index contributed by atoms with van der Waals surface area (Å²) >= 11 is 0. The van der Waals surface area contributed by atoms with Crippen molar-refractivity contribution in [1.82, 2.24) is 0 Å². The van der Waals surface area contributed by atoms with Gasteiger partial charge in [-0.15, -0.1) is 0 Å². The average Bonchev–Trinajstić information content (AvgIpc) is 2.53. The van der Waals surface area contributed by atoms with Crippen LogP contribution in [0.2, 0.25) is 0 Å². The largest absolute Gasteiger partial charge is 0.466 e. The molecule has 8 heteroatoms. The highest BCUT2D eigenvalue weighted by Crippen LogP contribution is 2.17. The quantitative estimate of drug-likeness (QED) is 0.568. The molecular weight excluding hydrogens is 304 g/mol. The van der Waals surface area contributed by atoms with Crippen molar-refractivity contribution in [3.8, 4) is 0 Å². The van der Waals surface area contributed by atoms with Crippen molar-refractivity contribution in [2.24, 2.45) is 0 Å². The molecule has 23 heavy (non-hydrogen) atoms. The van der Waals surface area contributed by atoms with E-state index in [1.165, 1.54) is 21.3 Å². The van der Waals surface area contributed by atoms with E-state index in [0.717, 1.165) is 6.08 Å². The van der Waals surface area contributed by atoms with Gasteiger partial charge in [0.2, 0.25) is 5.91 Å². The summed E-state index contributed by atoms with van der Waals surface area (Å²) in [6.07, 6.45) is 0.974. The van der Waals surface area contributed by atoms with Crippen molar-refractivity contribution in [3.05, 3.63) is 36.0 Å². The summed E-state index contributed by atoms with van der Waals surface area (Å²) in [5.41, 5.74) is 0.875. The molecule has 0 fully saturated rings. The van der Waals surface area contributed by atoms with Crippen LogP contribution in [0, 0.1) is 0 Å². The molecule has 2 N–H and O–H groups in total. The van der Waals surface area contributed by atoms with Crippen LogP contribution in [0.4, 0.5) is 11.4 Å². The Morgan fingerprint density at radius 2 is 1.70 bits per heavy atom. The maximum Gasteiger partial charge on any atom is 0.354 e. The zero-order chi connectivity index (χ0) is 17.2. The number of hydrogen-bond donors (Lipinski definition) is 2. The van der Waals surface area contributed by atoms with E-state index in [1.54, 1.807) is 24.3 Å². The summed E-state index contributed by atoms with van der Waals surface area (Å²) in [4.78, 5) is 34.5. The minimum Gasteiger partial charge on any atom is -0.466 e. The number of esters is 2. The molecule has 0 atom stereocenters. The summed E-state index contributed by atoms with van der Waals surface area (Å²) in [6.45, 7) is -0.0761. The van der Waals surface area contributed by atoms with Crippen molar-refractivity contribution in [1.29, 1.82) is 0 Å². The Bertz CT molecular complexity index is 612. The van der Waals surface area contributed by atoms with E-state index in [1.807, 2.05) is 0 Å². The van der Waals surface area contributed by atoms with Crippen molar-refractivity contribution < 1.29 is 28.6 Å². The van der Waals surface area contributed by atoms with E-state index < -0.39 is 11.9 Å². The van der Waals surface area contributed by atoms with Crippen LogP contribution < -0.4 is 10.6 Å². The molecule has 0 saturated carbocycles. The maximum atomic E-state index is 11.7. The summed E-state index contributed by atoms with van der Waals surface area (Å²) in [5.74, 6) is -1.75. The lowest BCUT2D eigenvalue weighted by atomic mass is 10.2. The first kappa shape index (κ1) is 18.2. The van der Waals surface area contributed by atoms with E-state index in [2.05, 4.69) is 20.1 Å². The molecule has 0 heterocycles. The van der Waals surface area contributed by atoms with Gasteiger partial charge >= 0.3 is 11.9 Å². The van der Waals surface area contributed by atoms with Gasteiger partial charge in [-0.1, -0.05) is 6.07 Å². The first-order valence-electron chi connectivity index (χ1n) is 6.54. The molecule has 0 spiro atoms. The number of carbonyl (C=O) groups is 3. The molecule has 0 unspecified atom stereocenters. The second-order valence-electron chi connectivity index (χ2n) is 4.26. The highest BCUT2D eigenvalue weighted by atomic mass is 16.5. The Labute approximate surface area is 133 Å². The molecule has 0 aliphatic carbocycles. The number of rotatable bonds is 7. The van der Waals surface area contributed by atoms with Crippen LogP contribution >= 0.6 is 0 Å². The van der Waals surface area contributed by atoms with E-state index >= 15 is 0 Å². The number of ether oxygens (including phenoxy) is 3. The highest BCUT2D eigenvalue weighted by Gasteiger charge is 2.13. The van der Waals surface area contributed by atoms with Gasteiger partial charge in [0, 0.05) is 18.5 Å². The van der Waals surface area contributed by atoms with Crippen LogP contribution in [-0.4, -0.2) is 45.8 Å². The number of amides is 1. The summed E-state index contributed by atoms with van der Waals surface area (Å²) in [7, 11) is 3.80. The fourth-order valence-electron chi connectivity index (χ4n) is 1.59. The highest BCUT2D eigenvalue weighted by molar-refractivity contribution is 5.99. The lowest BCUT2D eigenvalue weighted by molar-refractivity contribution is -0.138. The zero-order valence-electron chi connectivity index (χ0n) is 13.0. The van der Waals surface area contributed by atoms with Gasteiger partial charge in [-0.25, -0.2) is 9.59 Å². The van der Waals surface area contributed by atoms with E-state index in [9.17, 15) is 14.4 Å². The number of benzene rings is 1. The zero-order valence-corrected chi connectivity index (χ0v) is 13.0. The fourth-order valence-corrected chi connectivity index (χ4v) is 1.59. The SMILES string of the molecule is COCC(=O)Nc1cccc(N/C(=C/C(=O)OC)C(=O)OC)c1. The fraction of sp³-hybridized carbons (Fsp3) is 0.267. The van der Waals surface area contributed by atoms with Gasteiger partial charge in [-0.3, -0.25) is 4.79 Å². The van der Waals surface area contributed by atoms with Gasteiger partial charge in [0.05, 0.1) is 20.3 Å². The monoisotopic (exact) mass is 322 g/mol. The number of methoxy groups -OCH3 is 3. The van der Waals surface area contributed by atoms with Gasteiger partial charge in [0.15, 0.2) is 0 Å². The van der Waals surface area contributed by atoms with Crippen LogP contribution in [-0.2, 0) is 28.6 Å². The van der Waals surface area contributed by atoms with Crippen molar-refractivity contribution in [2.45, 2.75) is 0 Å². The molecule has 0 aliphatic heterocycles. The molecule has 0 aromatic heterocycles. The predicted molar refractivity (Wildman–Crippen MR) is 82.7 cm³/mol. The molecule has 0 aliphatic rings. The Kier molecular flexibility index (Phi) is 7.28. The summed E-state index contributed by atoms with van der Waals surface area (Å²) in [5, 5.41) is 5.36. The van der Waals surface area contributed by atoms with Crippen molar-refractivity contribution >= 4 is 29.2 Å². The Morgan fingerprint density at radius 1 is 1.04 bits per heavy atom. The third-order valence-corrected chi connectivity index (χ3v) is 2.57. The molecule has 1 rings (SSSR count). The third-order valence-electron chi connectivity index (χ3n) is 2.57. The molecule has 1 aromatic carbocycles. The Morgan fingerprint density at radius 3 is 2.26 bits per heavy atom. The molecule has 0 saturated heterocycles. The van der Waals surface area contributed by atoms with Crippen molar-refractivity contribution in [3.63, 3.8) is 0 Å². The van der Waals surface area contributed by atoms with Crippen LogP contribution in [0.5, 0.6) is 0 Å². The third kappa shape index (κ3) is 6.18. The van der Waals surface area contributed by atoms with Gasteiger partial charge in [0.25, 0.3) is 0 Å².